The number of methoxy groups -OCH3 is 1. The molecule has 0 saturated carbocycles. The van der Waals surface area contributed by atoms with Gasteiger partial charge < -0.3 is 14.8 Å². The smallest absolute Gasteiger partial charge is 0.230 e. The number of hydrogen-bond donors (Lipinski definition) is 1. The van der Waals surface area contributed by atoms with E-state index in [2.05, 4.69) is 15.3 Å². The second-order valence-corrected chi connectivity index (χ2v) is 6.40. The van der Waals surface area contributed by atoms with Crippen molar-refractivity contribution in [3.8, 4) is 11.5 Å². The van der Waals surface area contributed by atoms with Crippen molar-refractivity contribution in [3.63, 3.8) is 0 Å². The van der Waals surface area contributed by atoms with Crippen molar-refractivity contribution in [3.05, 3.63) is 42.2 Å². The van der Waals surface area contributed by atoms with Gasteiger partial charge in [0.2, 0.25) is 5.91 Å². The zero-order chi connectivity index (χ0) is 16.8. The average molecular weight is 345 g/mol. The molecule has 0 saturated heterocycles. The maximum atomic E-state index is 12.0. The fourth-order valence-corrected chi connectivity index (χ4v) is 3.18. The van der Waals surface area contributed by atoms with E-state index in [-0.39, 0.29) is 11.8 Å². The molecule has 0 aliphatic carbocycles. The molecule has 0 unspecified atom stereocenters. The summed E-state index contributed by atoms with van der Waals surface area (Å²) in [6, 6.07) is 7.64. The first-order valence-corrected chi connectivity index (χ1v) is 8.70. The minimum Gasteiger partial charge on any atom is -0.493 e. The third-order valence-electron chi connectivity index (χ3n) is 3.71. The Balaban J connectivity index is 1.46. The molecule has 126 valence electrons. The molecule has 1 N–H and O–H groups in total. The van der Waals surface area contributed by atoms with E-state index < -0.39 is 0 Å². The number of ether oxygens (including phenoxy) is 2. The first-order chi connectivity index (χ1) is 11.8. The number of nitrogens with one attached hydrogen (secondary N) is 1. The molecule has 24 heavy (non-hydrogen) atoms. The highest BCUT2D eigenvalue weighted by Gasteiger charge is 2.23. The Bertz CT molecular complexity index is 697. The quantitative estimate of drug-likeness (QED) is 0.637. The molecule has 2 heterocycles. The summed E-state index contributed by atoms with van der Waals surface area (Å²) in [6.07, 6.45) is 4.19. The SMILES string of the molecule is COc1cccc2c1OC[C@@H](CNC(=O)CSc1ncccn1)C2. The minimum atomic E-state index is -0.0242. The number of fused-ring (bicyclic) bond motifs is 1. The van der Waals surface area contributed by atoms with Crippen LogP contribution in [0.15, 0.2) is 41.8 Å². The number of rotatable bonds is 6. The number of aromatic nitrogens is 2. The van der Waals surface area contributed by atoms with Gasteiger partial charge in [0, 0.05) is 24.9 Å². The van der Waals surface area contributed by atoms with Gasteiger partial charge >= 0.3 is 0 Å². The Morgan fingerprint density at radius 2 is 2.21 bits per heavy atom. The molecule has 0 bridgehead atoms. The topological polar surface area (TPSA) is 73.3 Å². The predicted molar refractivity (Wildman–Crippen MR) is 91.4 cm³/mol. The van der Waals surface area contributed by atoms with E-state index in [1.165, 1.54) is 11.8 Å². The molecule has 2 aromatic rings. The van der Waals surface area contributed by atoms with Crippen molar-refractivity contribution in [2.45, 2.75) is 11.6 Å². The Labute approximate surface area is 145 Å². The van der Waals surface area contributed by atoms with Crippen LogP contribution in [0.4, 0.5) is 0 Å². The van der Waals surface area contributed by atoms with Crippen LogP contribution in [0.1, 0.15) is 5.56 Å². The van der Waals surface area contributed by atoms with E-state index >= 15 is 0 Å². The van der Waals surface area contributed by atoms with Gasteiger partial charge in [0.25, 0.3) is 0 Å². The molecule has 1 aliphatic heterocycles. The molecule has 3 rings (SSSR count). The van der Waals surface area contributed by atoms with Crippen LogP contribution < -0.4 is 14.8 Å². The molecule has 1 amide bonds. The van der Waals surface area contributed by atoms with E-state index in [9.17, 15) is 4.79 Å². The highest BCUT2D eigenvalue weighted by molar-refractivity contribution is 7.99. The number of amides is 1. The van der Waals surface area contributed by atoms with Crippen LogP contribution in [0.25, 0.3) is 0 Å². The molecule has 0 spiro atoms. The number of thioether (sulfide) groups is 1. The van der Waals surface area contributed by atoms with Crippen LogP contribution in [0, 0.1) is 5.92 Å². The van der Waals surface area contributed by atoms with Crippen molar-refractivity contribution in [2.24, 2.45) is 5.92 Å². The lowest BCUT2D eigenvalue weighted by molar-refractivity contribution is -0.118. The van der Waals surface area contributed by atoms with Crippen LogP contribution >= 0.6 is 11.8 Å². The summed E-state index contributed by atoms with van der Waals surface area (Å²) in [6.45, 7) is 1.16. The van der Waals surface area contributed by atoms with Crippen molar-refractivity contribution in [2.75, 3.05) is 26.0 Å². The Morgan fingerprint density at radius 1 is 1.38 bits per heavy atom. The number of para-hydroxylation sites is 1. The van der Waals surface area contributed by atoms with E-state index in [1.807, 2.05) is 18.2 Å². The number of carbonyl (C=O) groups is 1. The van der Waals surface area contributed by atoms with Crippen LogP contribution in [-0.2, 0) is 11.2 Å². The van der Waals surface area contributed by atoms with Crippen molar-refractivity contribution in [1.82, 2.24) is 15.3 Å². The lowest BCUT2D eigenvalue weighted by Gasteiger charge is -2.26. The predicted octanol–water partition coefficient (Wildman–Crippen LogP) is 1.94. The zero-order valence-corrected chi connectivity index (χ0v) is 14.2. The van der Waals surface area contributed by atoms with Crippen molar-refractivity contribution >= 4 is 17.7 Å². The minimum absolute atomic E-state index is 0.0242. The molecule has 7 heteroatoms. The fraction of sp³-hybridized carbons (Fsp3) is 0.353. The monoisotopic (exact) mass is 345 g/mol. The van der Waals surface area contributed by atoms with Gasteiger partial charge in [-0.25, -0.2) is 9.97 Å². The average Bonchev–Trinajstić information content (AvgIpc) is 2.64. The molecule has 1 atom stereocenters. The lowest BCUT2D eigenvalue weighted by Crippen LogP contribution is -2.35. The number of carbonyl (C=O) groups excluding carboxylic acids is 1. The Hall–Kier alpha value is -2.28. The fourth-order valence-electron chi connectivity index (χ4n) is 2.55. The van der Waals surface area contributed by atoms with Gasteiger partial charge in [0.15, 0.2) is 16.7 Å². The second-order valence-electron chi connectivity index (χ2n) is 5.45. The third-order valence-corrected chi connectivity index (χ3v) is 4.59. The van der Waals surface area contributed by atoms with Gasteiger partial charge in [-0.15, -0.1) is 0 Å². The zero-order valence-electron chi connectivity index (χ0n) is 13.4. The molecule has 1 aliphatic rings. The van der Waals surface area contributed by atoms with Crippen LogP contribution in [0.3, 0.4) is 0 Å². The summed E-state index contributed by atoms with van der Waals surface area (Å²) < 4.78 is 11.1. The molecular weight excluding hydrogens is 326 g/mol. The first kappa shape index (κ1) is 16.6. The summed E-state index contributed by atoms with van der Waals surface area (Å²) in [5.74, 6) is 2.12. The van der Waals surface area contributed by atoms with E-state index in [0.717, 1.165) is 23.5 Å². The molecule has 6 nitrogen and oxygen atoms in total. The maximum Gasteiger partial charge on any atom is 0.230 e. The summed E-state index contributed by atoms with van der Waals surface area (Å²) in [4.78, 5) is 20.1. The van der Waals surface area contributed by atoms with E-state index in [1.54, 1.807) is 25.6 Å². The molecule has 0 radical (unpaired) electrons. The maximum absolute atomic E-state index is 12.0. The lowest BCUT2D eigenvalue weighted by atomic mass is 9.96. The summed E-state index contributed by atoms with van der Waals surface area (Å²) >= 11 is 1.33. The van der Waals surface area contributed by atoms with Gasteiger partial charge in [-0.05, 0) is 24.1 Å². The van der Waals surface area contributed by atoms with Crippen LogP contribution in [-0.4, -0.2) is 41.9 Å². The van der Waals surface area contributed by atoms with Gasteiger partial charge in [0.05, 0.1) is 19.5 Å². The number of hydrogen-bond acceptors (Lipinski definition) is 6. The summed E-state index contributed by atoms with van der Waals surface area (Å²) in [5, 5.41) is 3.56. The molecular formula is C17H19N3O3S. The van der Waals surface area contributed by atoms with E-state index in [0.29, 0.717) is 24.1 Å². The normalized spacial score (nSPS) is 16.0. The van der Waals surface area contributed by atoms with Gasteiger partial charge in [0.1, 0.15) is 0 Å². The number of benzene rings is 1. The van der Waals surface area contributed by atoms with Crippen molar-refractivity contribution in [1.29, 1.82) is 0 Å². The van der Waals surface area contributed by atoms with Gasteiger partial charge in [-0.1, -0.05) is 23.9 Å². The summed E-state index contributed by atoms with van der Waals surface area (Å²) in [7, 11) is 1.64. The van der Waals surface area contributed by atoms with Gasteiger partial charge in [-0.2, -0.15) is 0 Å². The highest BCUT2D eigenvalue weighted by Crippen LogP contribution is 2.35. The highest BCUT2D eigenvalue weighted by atomic mass is 32.2. The van der Waals surface area contributed by atoms with Crippen LogP contribution in [0.5, 0.6) is 11.5 Å². The Kier molecular flexibility index (Phi) is 5.53. The second kappa shape index (κ2) is 8.01. The largest absolute Gasteiger partial charge is 0.493 e. The van der Waals surface area contributed by atoms with Gasteiger partial charge in [-0.3, -0.25) is 4.79 Å². The van der Waals surface area contributed by atoms with Crippen LogP contribution in [0.2, 0.25) is 0 Å². The summed E-state index contributed by atoms with van der Waals surface area (Å²) in [5.41, 5.74) is 1.12. The van der Waals surface area contributed by atoms with E-state index in [4.69, 9.17) is 9.47 Å². The molecule has 1 aromatic heterocycles. The Morgan fingerprint density at radius 3 is 3.00 bits per heavy atom. The first-order valence-electron chi connectivity index (χ1n) is 7.71. The third kappa shape index (κ3) is 4.17. The number of nitrogens with zero attached hydrogens (tertiary/aromatic N) is 2. The standard InChI is InChI=1S/C17H19N3O3S/c1-22-14-5-2-4-13-8-12(10-23-16(13)14)9-20-15(21)11-24-17-18-6-3-7-19-17/h2-7,12H,8-11H2,1H3,(H,20,21)/t12-/m1/s1. The molecule has 1 aromatic carbocycles. The molecule has 0 fully saturated rings. The van der Waals surface area contributed by atoms with Crippen molar-refractivity contribution < 1.29 is 14.3 Å².